The van der Waals surface area contributed by atoms with Gasteiger partial charge in [-0.3, -0.25) is 4.79 Å². The Bertz CT molecular complexity index is 697. The van der Waals surface area contributed by atoms with Gasteiger partial charge in [0.25, 0.3) is 0 Å². The Morgan fingerprint density at radius 1 is 1.30 bits per heavy atom. The first-order valence-electron chi connectivity index (χ1n) is 5.49. The number of hydrogen-bond donors (Lipinski definition) is 0. The van der Waals surface area contributed by atoms with E-state index in [-0.39, 0.29) is 26.9 Å². The lowest BCUT2D eigenvalue weighted by atomic mass is 10.2. The summed E-state index contributed by atoms with van der Waals surface area (Å²) in [4.78, 5) is 27.0. The molecule has 7 heteroatoms. The molecule has 0 atom stereocenters. The van der Waals surface area contributed by atoms with Crippen LogP contribution in [0.1, 0.15) is 27.1 Å². The second kappa shape index (κ2) is 5.46. The zero-order valence-corrected chi connectivity index (χ0v) is 11.4. The fraction of sp³-hybridized carbons (Fsp3) is 0.154. The largest absolute Gasteiger partial charge is 0.464 e. The fourth-order valence-electron chi connectivity index (χ4n) is 1.57. The number of Topliss-reactive ketones (excluding diaryl/α,β-unsaturated/α-hetero) is 1. The van der Waals surface area contributed by atoms with Crippen molar-refractivity contribution in [2.75, 3.05) is 7.11 Å². The van der Waals surface area contributed by atoms with Gasteiger partial charge in [0, 0.05) is 18.6 Å². The van der Waals surface area contributed by atoms with Crippen LogP contribution in [0, 0.1) is 11.6 Å². The first-order chi connectivity index (χ1) is 9.43. The lowest BCUT2D eigenvalue weighted by molar-refractivity contribution is 0.0591. The summed E-state index contributed by atoms with van der Waals surface area (Å²) >= 11 is 0.860. The smallest absolute Gasteiger partial charge is 0.358 e. The summed E-state index contributed by atoms with van der Waals surface area (Å²) in [5.74, 6) is -2.69. The van der Waals surface area contributed by atoms with Crippen LogP contribution in [0.15, 0.2) is 18.2 Å². The zero-order chi connectivity index (χ0) is 14.9. The molecule has 0 saturated heterocycles. The number of halogens is 2. The van der Waals surface area contributed by atoms with Crippen LogP contribution in [-0.2, 0) is 4.74 Å². The van der Waals surface area contributed by atoms with Gasteiger partial charge in [0.2, 0.25) is 0 Å². The van der Waals surface area contributed by atoms with Crippen LogP contribution in [0.2, 0.25) is 0 Å². The normalized spacial score (nSPS) is 10.4. The summed E-state index contributed by atoms with van der Waals surface area (Å²) in [6.07, 6.45) is 0. The molecule has 104 valence electrons. The van der Waals surface area contributed by atoms with Crippen LogP contribution in [0.25, 0.3) is 10.6 Å². The molecule has 20 heavy (non-hydrogen) atoms. The predicted octanol–water partition coefficient (Wildman–Crippen LogP) is 3.08. The highest BCUT2D eigenvalue weighted by molar-refractivity contribution is 7.17. The van der Waals surface area contributed by atoms with Crippen LogP contribution in [0.3, 0.4) is 0 Å². The molecule has 0 unspecified atom stereocenters. The van der Waals surface area contributed by atoms with E-state index >= 15 is 0 Å². The molecule has 0 radical (unpaired) electrons. The zero-order valence-electron chi connectivity index (χ0n) is 10.6. The Balaban J connectivity index is 2.58. The number of carbonyl (C=O) groups excluding carboxylic acids is 2. The number of hydrogen-bond acceptors (Lipinski definition) is 5. The van der Waals surface area contributed by atoms with Gasteiger partial charge in [0.15, 0.2) is 11.5 Å². The minimum absolute atomic E-state index is 0.0223. The molecule has 1 heterocycles. The molecule has 0 bridgehead atoms. The van der Waals surface area contributed by atoms with Crippen LogP contribution in [-0.4, -0.2) is 23.8 Å². The summed E-state index contributed by atoms with van der Waals surface area (Å²) in [7, 11) is 1.16. The van der Waals surface area contributed by atoms with Crippen molar-refractivity contribution in [3.8, 4) is 10.6 Å². The number of esters is 1. The van der Waals surface area contributed by atoms with Crippen molar-refractivity contribution < 1.29 is 23.1 Å². The Morgan fingerprint density at radius 3 is 2.55 bits per heavy atom. The van der Waals surface area contributed by atoms with E-state index in [0.29, 0.717) is 6.07 Å². The van der Waals surface area contributed by atoms with Gasteiger partial charge in [0.05, 0.1) is 7.11 Å². The third-order valence-corrected chi connectivity index (χ3v) is 3.68. The van der Waals surface area contributed by atoms with Crippen molar-refractivity contribution in [3.05, 3.63) is 40.4 Å². The molecule has 4 nitrogen and oxygen atoms in total. The van der Waals surface area contributed by atoms with E-state index in [1.165, 1.54) is 13.0 Å². The third kappa shape index (κ3) is 2.57. The molecule has 0 N–H and O–H groups in total. The molecule has 2 rings (SSSR count). The molecule has 0 aliphatic heterocycles. The van der Waals surface area contributed by atoms with E-state index < -0.39 is 17.6 Å². The van der Waals surface area contributed by atoms with Crippen molar-refractivity contribution in [2.24, 2.45) is 0 Å². The van der Waals surface area contributed by atoms with Gasteiger partial charge in [-0.05, 0) is 12.1 Å². The van der Waals surface area contributed by atoms with Gasteiger partial charge in [-0.1, -0.05) is 0 Å². The van der Waals surface area contributed by atoms with Crippen LogP contribution >= 0.6 is 11.3 Å². The highest BCUT2D eigenvalue weighted by Crippen LogP contribution is 2.31. The van der Waals surface area contributed by atoms with Crippen molar-refractivity contribution in [3.63, 3.8) is 0 Å². The number of nitrogens with zero attached hydrogens (tertiary/aromatic N) is 1. The number of aromatic nitrogens is 1. The van der Waals surface area contributed by atoms with Gasteiger partial charge in [-0.25, -0.2) is 18.6 Å². The van der Waals surface area contributed by atoms with Crippen LogP contribution < -0.4 is 0 Å². The molecule has 0 spiro atoms. The number of carbonyl (C=O) groups is 2. The van der Waals surface area contributed by atoms with E-state index in [4.69, 9.17) is 0 Å². The molecule has 1 aromatic heterocycles. The van der Waals surface area contributed by atoms with E-state index in [2.05, 4.69) is 9.72 Å². The number of methoxy groups -OCH3 is 1. The minimum atomic E-state index is -0.815. The molecular weight excluding hydrogens is 288 g/mol. The Hall–Kier alpha value is -2.15. The minimum Gasteiger partial charge on any atom is -0.464 e. The molecule has 0 saturated carbocycles. The van der Waals surface area contributed by atoms with Gasteiger partial charge >= 0.3 is 5.97 Å². The van der Waals surface area contributed by atoms with Crippen LogP contribution in [0.4, 0.5) is 8.78 Å². The summed E-state index contributed by atoms with van der Waals surface area (Å²) in [6.45, 7) is 1.27. The van der Waals surface area contributed by atoms with Crippen molar-refractivity contribution in [1.29, 1.82) is 0 Å². The molecule has 2 aromatic rings. The van der Waals surface area contributed by atoms with Gasteiger partial charge in [0.1, 0.15) is 21.5 Å². The van der Waals surface area contributed by atoms with Gasteiger partial charge in [-0.15, -0.1) is 11.3 Å². The summed E-state index contributed by atoms with van der Waals surface area (Å²) in [6, 6.07) is 2.99. The molecular formula is C13H9F2NO3S. The van der Waals surface area contributed by atoms with Gasteiger partial charge in [-0.2, -0.15) is 0 Å². The SMILES string of the molecule is COC(=O)c1nc(-c2ccc(F)cc2F)sc1C(C)=O. The monoisotopic (exact) mass is 297 g/mol. The van der Waals surface area contributed by atoms with E-state index in [0.717, 1.165) is 24.5 Å². The molecule has 1 aromatic carbocycles. The number of thiazole rings is 1. The number of ether oxygens (including phenoxy) is 1. The Morgan fingerprint density at radius 2 is 2.00 bits per heavy atom. The third-order valence-electron chi connectivity index (χ3n) is 2.49. The first-order valence-corrected chi connectivity index (χ1v) is 6.31. The average molecular weight is 297 g/mol. The topological polar surface area (TPSA) is 56.3 Å². The van der Waals surface area contributed by atoms with Crippen molar-refractivity contribution >= 4 is 23.1 Å². The Labute approximate surface area is 117 Å². The van der Waals surface area contributed by atoms with Crippen LogP contribution in [0.5, 0.6) is 0 Å². The number of ketones is 1. The predicted molar refractivity (Wildman–Crippen MR) is 68.8 cm³/mol. The first kappa shape index (κ1) is 14.3. The number of benzene rings is 1. The number of rotatable bonds is 3. The summed E-state index contributed by atoms with van der Waals surface area (Å²) in [5, 5.41) is 0.119. The maximum Gasteiger partial charge on any atom is 0.358 e. The molecule has 0 aliphatic carbocycles. The molecule has 0 aliphatic rings. The fourth-order valence-corrected chi connectivity index (χ4v) is 2.55. The van der Waals surface area contributed by atoms with E-state index in [9.17, 15) is 18.4 Å². The lowest BCUT2D eigenvalue weighted by Gasteiger charge is -1.98. The van der Waals surface area contributed by atoms with Gasteiger partial charge < -0.3 is 4.74 Å². The summed E-state index contributed by atoms with van der Waals surface area (Å²) in [5.41, 5.74) is -0.141. The molecule has 0 fully saturated rings. The Kier molecular flexibility index (Phi) is 3.89. The standard InChI is InChI=1S/C13H9F2NO3S/c1-6(17)11-10(13(18)19-2)16-12(20-11)8-4-3-7(14)5-9(8)15/h3-5H,1-2H3. The maximum atomic E-state index is 13.7. The van der Waals surface area contributed by atoms with E-state index in [1.54, 1.807) is 0 Å². The molecule has 0 amide bonds. The summed E-state index contributed by atoms with van der Waals surface area (Å²) < 4.78 is 31.1. The lowest BCUT2D eigenvalue weighted by Crippen LogP contribution is -2.06. The second-order valence-corrected chi connectivity index (χ2v) is 4.87. The highest BCUT2D eigenvalue weighted by Gasteiger charge is 2.23. The van der Waals surface area contributed by atoms with E-state index in [1.807, 2.05) is 0 Å². The average Bonchev–Trinajstić information content (AvgIpc) is 2.82. The maximum absolute atomic E-state index is 13.7. The second-order valence-electron chi connectivity index (χ2n) is 3.87. The van der Waals surface area contributed by atoms with Crippen molar-refractivity contribution in [2.45, 2.75) is 6.92 Å². The van der Waals surface area contributed by atoms with Crippen molar-refractivity contribution in [1.82, 2.24) is 4.98 Å². The quantitative estimate of drug-likeness (QED) is 0.645. The highest BCUT2D eigenvalue weighted by atomic mass is 32.1.